The fraction of sp³-hybridized carbons (Fsp3) is 0.400. The molecule has 0 aliphatic rings. The van der Waals surface area contributed by atoms with Gasteiger partial charge in [-0.05, 0) is 6.92 Å². The molecular weight excluding hydrogens is 286 g/mol. The van der Waals surface area contributed by atoms with E-state index in [9.17, 15) is 8.42 Å². The number of aromatic nitrogens is 3. The third-order valence-electron chi connectivity index (χ3n) is 2.64. The van der Waals surface area contributed by atoms with Crippen LogP contribution in [0.5, 0.6) is 0 Å². The van der Waals surface area contributed by atoms with Crippen LogP contribution in [0.15, 0.2) is 22.0 Å². The maximum Gasteiger partial charge on any atom is 0.248 e. The van der Waals surface area contributed by atoms with Gasteiger partial charge >= 0.3 is 0 Å². The zero-order valence-electron chi connectivity index (χ0n) is 10.6. The van der Waals surface area contributed by atoms with Crippen molar-refractivity contribution < 1.29 is 8.42 Å². The average Bonchev–Trinajstić information content (AvgIpc) is 2.98. The van der Waals surface area contributed by atoms with Crippen molar-refractivity contribution in [1.82, 2.24) is 19.1 Å². The van der Waals surface area contributed by atoms with E-state index in [1.165, 1.54) is 33.6 Å². The van der Waals surface area contributed by atoms with Crippen molar-refractivity contribution >= 4 is 27.2 Å². The first-order valence-electron chi connectivity index (χ1n) is 5.61. The van der Waals surface area contributed by atoms with Gasteiger partial charge in [0, 0.05) is 25.2 Å². The van der Waals surface area contributed by atoms with E-state index >= 15 is 0 Å². The smallest absolute Gasteiger partial charge is 0.248 e. The van der Waals surface area contributed by atoms with Crippen LogP contribution in [-0.4, -0.2) is 34.5 Å². The van der Waals surface area contributed by atoms with E-state index in [1.807, 2.05) is 12.3 Å². The molecule has 0 aliphatic carbocycles. The Kier molecular flexibility index (Phi) is 3.88. The van der Waals surface area contributed by atoms with Crippen LogP contribution < -0.4 is 5.73 Å². The number of nitrogen functional groups attached to an aromatic ring is 1. The number of nitrogens with zero attached hydrogens (tertiary/aromatic N) is 4. The van der Waals surface area contributed by atoms with Crippen molar-refractivity contribution in [2.75, 3.05) is 12.8 Å². The maximum atomic E-state index is 12.4. The third kappa shape index (κ3) is 2.77. The SMILES string of the molecule is CCn1cc(S(=O)(=O)N(C)Cc2cscn2)c(N)n1. The quantitative estimate of drug-likeness (QED) is 0.880. The molecule has 7 nitrogen and oxygen atoms in total. The highest BCUT2D eigenvalue weighted by Gasteiger charge is 2.26. The van der Waals surface area contributed by atoms with Crippen LogP contribution in [0.1, 0.15) is 12.6 Å². The van der Waals surface area contributed by atoms with Crippen molar-refractivity contribution in [2.24, 2.45) is 0 Å². The Labute approximate surface area is 115 Å². The molecule has 0 bridgehead atoms. The van der Waals surface area contributed by atoms with Crippen LogP contribution in [-0.2, 0) is 23.1 Å². The Balaban J connectivity index is 2.28. The van der Waals surface area contributed by atoms with Crippen molar-refractivity contribution in [3.8, 4) is 0 Å². The van der Waals surface area contributed by atoms with E-state index in [0.717, 1.165) is 0 Å². The van der Waals surface area contributed by atoms with Gasteiger partial charge in [-0.3, -0.25) is 4.68 Å². The molecule has 2 heterocycles. The molecule has 2 aromatic rings. The van der Waals surface area contributed by atoms with Gasteiger partial charge in [-0.15, -0.1) is 11.3 Å². The number of hydrogen-bond donors (Lipinski definition) is 1. The van der Waals surface area contributed by atoms with Crippen LogP contribution in [0.4, 0.5) is 5.82 Å². The number of sulfonamides is 1. The molecule has 0 fully saturated rings. The molecule has 0 aliphatic heterocycles. The standard InChI is InChI=1S/C10H15N5O2S2/c1-3-15-5-9(10(11)13-15)19(16,17)14(2)4-8-6-18-7-12-8/h5-7H,3-4H2,1-2H3,(H2,11,13). The van der Waals surface area contributed by atoms with E-state index < -0.39 is 10.0 Å². The van der Waals surface area contributed by atoms with Crippen LogP contribution >= 0.6 is 11.3 Å². The predicted molar refractivity (Wildman–Crippen MR) is 73.1 cm³/mol. The summed E-state index contributed by atoms with van der Waals surface area (Å²) in [5.74, 6) is 0.0203. The summed E-state index contributed by atoms with van der Waals surface area (Å²) in [4.78, 5) is 4.10. The highest BCUT2D eigenvalue weighted by Crippen LogP contribution is 2.21. The van der Waals surface area contributed by atoms with Gasteiger partial charge in [-0.1, -0.05) is 0 Å². The van der Waals surface area contributed by atoms with Gasteiger partial charge in [-0.25, -0.2) is 13.4 Å². The van der Waals surface area contributed by atoms with Gasteiger partial charge in [0.2, 0.25) is 10.0 Å². The van der Waals surface area contributed by atoms with Gasteiger partial charge < -0.3 is 5.73 Å². The maximum absolute atomic E-state index is 12.4. The van der Waals surface area contributed by atoms with Crippen molar-refractivity contribution in [2.45, 2.75) is 24.9 Å². The summed E-state index contributed by atoms with van der Waals surface area (Å²) in [7, 11) is -2.15. The first-order valence-corrected chi connectivity index (χ1v) is 7.99. The molecule has 0 unspecified atom stereocenters. The first kappa shape index (κ1) is 14.0. The summed E-state index contributed by atoms with van der Waals surface area (Å²) in [5, 5.41) is 5.76. The lowest BCUT2D eigenvalue weighted by Crippen LogP contribution is -2.27. The minimum Gasteiger partial charge on any atom is -0.381 e. The lowest BCUT2D eigenvalue weighted by atomic mass is 10.5. The van der Waals surface area contributed by atoms with Crippen LogP contribution in [0.2, 0.25) is 0 Å². The predicted octanol–water partition coefficient (Wildman–Crippen LogP) is 0.762. The van der Waals surface area contributed by atoms with Gasteiger partial charge in [0.05, 0.1) is 17.7 Å². The van der Waals surface area contributed by atoms with E-state index in [1.54, 1.807) is 5.51 Å². The van der Waals surface area contributed by atoms with Crippen molar-refractivity contribution in [1.29, 1.82) is 0 Å². The molecule has 19 heavy (non-hydrogen) atoms. The monoisotopic (exact) mass is 301 g/mol. The summed E-state index contributed by atoms with van der Waals surface area (Å²) in [6.45, 7) is 2.64. The normalized spacial score (nSPS) is 12.2. The zero-order valence-corrected chi connectivity index (χ0v) is 12.3. The van der Waals surface area contributed by atoms with E-state index in [2.05, 4.69) is 10.1 Å². The Morgan fingerprint density at radius 3 is 2.79 bits per heavy atom. The van der Waals surface area contributed by atoms with Crippen molar-refractivity contribution in [3.63, 3.8) is 0 Å². The molecule has 0 saturated heterocycles. The number of hydrogen-bond acceptors (Lipinski definition) is 6. The molecule has 0 saturated carbocycles. The Bertz CT molecular complexity index is 648. The molecule has 0 amide bonds. The molecule has 0 radical (unpaired) electrons. The van der Waals surface area contributed by atoms with E-state index in [-0.39, 0.29) is 17.3 Å². The fourth-order valence-corrected chi connectivity index (χ4v) is 3.32. The van der Waals surface area contributed by atoms with Crippen LogP contribution in [0.3, 0.4) is 0 Å². The second kappa shape index (κ2) is 5.27. The van der Waals surface area contributed by atoms with Crippen LogP contribution in [0.25, 0.3) is 0 Å². The lowest BCUT2D eigenvalue weighted by molar-refractivity contribution is 0.463. The fourth-order valence-electron chi connectivity index (χ4n) is 1.58. The number of thiazole rings is 1. The van der Waals surface area contributed by atoms with Gasteiger partial charge in [0.25, 0.3) is 0 Å². The first-order chi connectivity index (χ1) is 8.95. The van der Waals surface area contributed by atoms with Gasteiger partial charge in [-0.2, -0.15) is 9.40 Å². The number of aryl methyl sites for hydroxylation is 1. The average molecular weight is 301 g/mol. The summed E-state index contributed by atoms with van der Waals surface area (Å²) in [6.07, 6.45) is 1.45. The van der Waals surface area contributed by atoms with E-state index in [0.29, 0.717) is 12.2 Å². The topological polar surface area (TPSA) is 94.1 Å². The molecule has 0 atom stereocenters. The van der Waals surface area contributed by atoms with Gasteiger partial charge in [0.1, 0.15) is 4.90 Å². The number of anilines is 1. The Hall–Kier alpha value is -1.45. The van der Waals surface area contributed by atoms with Crippen LogP contribution in [0, 0.1) is 0 Å². The molecule has 2 rings (SSSR count). The molecule has 0 aromatic carbocycles. The summed E-state index contributed by atoms with van der Waals surface area (Å²) in [6, 6.07) is 0. The second-order valence-corrected chi connectivity index (χ2v) is 6.71. The summed E-state index contributed by atoms with van der Waals surface area (Å²) in [5.41, 5.74) is 8.03. The largest absolute Gasteiger partial charge is 0.381 e. The molecule has 0 spiro atoms. The molecular formula is C10H15N5O2S2. The van der Waals surface area contributed by atoms with Gasteiger partial charge in [0.15, 0.2) is 5.82 Å². The molecule has 104 valence electrons. The Morgan fingerprint density at radius 2 is 2.26 bits per heavy atom. The molecule has 2 aromatic heterocycles. The number of rotatable bonds is 5. The molecule has 2 N–H and O–H groups in total. The van der Waals surface area contributed by atoms with E-state index in [4.69, 9.17) is 5.73 Å². The Morgan fingerprint density at radius 1 is 1.53 bits per heavy atom. The minimum absolute atomic E-state index is 0.0203. The minimum atomic E-state index is -3.65. The second-order valence-electron chi connectivity index (χ2n) is 3.98. The summed E-state index contributed by atoms with van der Waals surface area (Å²) < 4.78 is 27.5. The van der Waals surface area contributed by atoms with Crippen molar-refractivity contribution in [3.05, 3.63) is 22.8 Å². The lowest BCUT2D eigenvalue weighted by Gasteiger charge is -2.14. The molecule has 9 heteroatoms. The highest BCUT2D eigenvalue weighted by molar-refractivity contribution is 7.89. The highest BCUT2D eigenvalue weighted by atomic mass is 32.2. The number of nitrogens with two attached hydrogens (primary N) is 1. The zero-order chi connectivity index (χ0) is 14.0. The summed E-state index contributed by atoms with van der Waals surface area (Å²) >= 11 is 1.43. The third-order valence-corrected chi connectivity index (χ3v) is 5.09.